The van der Waals surface area contributed by atoms with Crippen molar-refractivity contribution in [3.63, 3.8) is 0 Å². The van der Waals surface area contributed by atoms with Crippen LogP contribution < -0.4 is 10.1 Å². The first-order valence-corrected chi connectivity index (χ1v) is 8.46. The summed E-state index contributed by atoms with van der Waals surface area (Å²) in [6.45, 7) is 2.89. The van der Waals surface area contributed by atoms with Crippen LogP contribution >= 0.6 is 0 Å². The molecule has 2 aromatic rings. The molecule has 0 aromatic heterocycles. The van der Waals surface area contributed by atoms with Gasteiger partial charge in [0.25, 0.3) is 0 Å². The lowest BCUT2D eigenvalue weighted by Gasteiger charge is -2.31. The number of hydrogen-bond acceptors (Lipinski definition) is 3. The highest BCUT2D eigenvalue weighted by Gasteiger charge is 2.25. The third-order valence-electron chi connectivity index (χ3n) is 4.54. The number of ether oxygens (including phenoxy) is 1. The van der Waals surface area contributed by atoms with Crippen LogP contribution in [0.25, 0.3) is 0 Å². The summed E-state index contributed by atoms with van der Waals surface area (Å²) in [7, 11) is 1.63. The minimum Gasteiger partial charge on any atom is -0.497 e. The highest BCUT2D eigenvalue weighted by Crippen LogP contribution is 2.22. The van der Waals surface area contributed by atoms with Gasteiger partial charge < -0.3 is 10.1 Å². The fraction of sp³-hybridized carbons (Fsp3) is 0.350. The number of hydrogen-bond donors (Lipinski definition) is 1. The summed E-state index contributed by atoms with van der Waals surface area (Å²) in [6.07, 6.45) is 1.81. The molecule has 1 aliphatic heterocycles. The Morgan fingerprint density at radius 1 is 1.12 bits per heavy atom. The molecule has 3 rings (SSSR count). The van der Waals surface area contributed by atoms with E-state index in [1.165, 1.54) is 5.56 Å². The van der Waals surface area contributed by atoms with E-state index in [0.29, 0.717) is 0 Å². The van der Waals surface area contributed by atoms with Crippen LogP contribution in [0.5, 0.6) is 5.75 Å². The smallest absolute Gasteiger partial charge is 0.227 e. The standard InChI is InChI=1S/C20H24N2O2/c1-24-19-9-5-8-18(14-19)21-20(23)17-10-12-22(13-11-17)15-16-6-3-2-4-7-16/h2-9,14,17H,10-13,15H2,1H3,(H,21,23). The van der Waals surface area contributed by atoms with E-state index in [2.05, 4.69) is 34.5 Å². The van der Waals surface area contributed by atoms with Crippen LogP contribution in [-0.4, -0.2) is 31.0 Å². The number of carbonyl (C=O) groups is 1. The van der Waals surface area contributed by atoms with Crippen LogP contribution in [0.1, 0.15) is 18.4 Å². The maximum absolute atomic E-state index is 12.5. The van der Waals surface area contributed by atoms with Crippen LogP contribution in [0.2, 0.25) is 0 Å². The topological polar surface area (TPSA) is 41.6 Å². The molecule has 1 amide bonds. The van der Waals surface area contributed by atoms with Crippen molar-refractivity contribution in [2.24, 2.45) is 5.92 Å². The average molecular weight is 324 g/mol. The van der Waals surface area contributed by atoms with Crippen LogP contribution in [0.4, 0.5) is 5.69 Å². The minimum atomic E-state index is 0.0863. The highest BCUT2D eigenvalue weighted by atomic mass is 16.5. The van der Waals surface area contributed by atoms with Crippen molar-refractivity contribution in [1.82, 2.24) is 4.90 Å². The zero-order valence-electron chi connectivity index (χ0n) is 14.1. The average Bonchev–Trinajstić information content (AvgIpc) is 2.63. The van der Waals surface area contributed by atoms with Gasteiger partial charge in [0.1, 0.15) is 5.75 Å². The number of benzene rings is 2. The van der Waals surface area contributed by atoms with Gasteiger partial charge in [0.05, 0.1) is 7.11 Å². The fourth-order valence-electron chi connectivity index (χ4n) is 3.14. The van der Waals surface area contributed by atoms with Crippen molar-refractivity contribution in [2.45, 2.75) is 19.4 Å². The lowest BCUT2D eigenvalue weighted by molar-refractivity contribution is -0.121. The Hall–Kier alpha value is -2.33. The molecular weight excluding hydrogens is 300 g/mol. The lowest BCUT2D eigenvalue weighted by atomic mass is 9.95. The summed E-state index contributed by atoms with van der Waals surface area (Å²) in [6, 6.07) is 18.0. The Kier molecular flexibility index (Phi) is 5.49. The molecular formula is C20H24N2O2. The molecule has 0 spiro atoms. The van der Waals surface area contributed by atoms with Gasteiger partial charge in [-0.3, -0.25) is 9.69 Å². The number of anilines is 1. The van der Waals surface area contributed by atoms with Crippen molar-refractivity contribution in [2.75, 3.05) is 25.5 Å². The van der Waals surface area contributed by atoms with Gasteiger partial charge in [-0.2, -0.15) is 0 Å². The first kappa shape index (κ1) is 16.5. The Labute approximate surface area is 143 Å². The zero-order valence-corrected chi connectivity index (χ0v) is 14.1. The second-order valence-electron chi connectivity index (χ2n) is 6.26. The molecule has 1 fully saturated rings. The number of piperidine rings is 1. The highest BCUT2D eigenvalue weighted by molar-refractivity contribution is 5.92. The minimum absolute atomic E-state index is 0.0863. The summed E-state index contributed by atoms with van der Waals surface area (Å²) < 4.78 is 5.19. The lowest BCUT2D eigenvalue weighted by Crippen LogP contribution is -2.37. The van der Waals surface area contributed by atoms with E-state index in [-0.39, 0.29) is 11.8 Å². The van der Waals surface area contributed by atoms with E-state index >= 15 is 0 Å². The van der Waals surface area contributed by atoms with E-state index in [4.69, 9.17) is 4.74 Å². The van der Waals surface area contributed by atoms with Gasteiger partial charge in [0, 0.05) is 24.2 Å². The number of carbonyl (C=O) groups excluding carboxylic acids is 1. The third-order valence-corrected chi connectivity index (χ3v) is 4.54. The van der Waals surface area contributed by atoms with Crippen molar-refractivity contribution < 1.29 is 9.53 Å². The third kappa shape index (κ3) is 4.36. The second kappa shape index (κ2) is 7.97. The predicted octanol–water partition coefficient (Wildman–Crippen LogP) is 3.55. The Bertz CT molecular complexity index is 664. The SMILES string of the molecule is COc1cccc(NC(=O)C2CCN(Cc3ccccc3)CC2)c1. The quantitative estimate of drug-likeness (QED) is 0.914. The van der Waals surface area contributed by atoms with Gasteiger partial charge in [-0.05, 0) is 43.6 Å². The van der Waals surface area contributed by atoms with Crippen LogP contribution in [-0.2, 0) is 11.3 Å². The Morgan fingerprint density at radius 3 is 2.58 bits per heavy atom. The van der Waals surface area contributed by atoms with Gasteiger partial charge in [0.2, 0.25) is 5.91 Å². The summed E-state index contributed by atoms with van der Waals surface area (Å²) in [5.41, 5.74) is 2.13. The molecule has 1 N–H and O–H groups in total. The number of nitrogens with one attached hydrogen (secondary N) is 1. The maximum Gasteiger partial charge on any atom is 0.227 e. The molecule has 126 valence electrons. The van der Waals surface area contributed by atoms with Crippen LogP contribution in [0, 0.1) is 5.92 Å². The number of nitrogens with zero attached hydrogens (tertiary/aromatic N) is 1. The van der Waals surface area contributed by atoms with E-state index in [0.717, 1.165) is 43.9 Å². The Morgan fingerprint density at radius 2 is 1.88 bits per heavy atom. The fourth-order valence-corrected chi connectivity index (χ4v) is 3.14. The van der Waals surface area contributed by atoms with Gasteiger partial charge in [-0.25, -0.2) is 0 Å². The number of methoxy groups -OCH3 is 1. The molecule has 0 saturated carbocycles. The van der Waals surface area contributed by atoms with E-state index in [9.17, 15) is 4.79 Å². The molecule has 4 nitrogen and oxygen atoms in total. The van der Waals surface area contributed by atoms with Crippen molar-refractivity contribution in [3.05, 3.63) is 60.2 Å². The number of likely N-dealkylation sites (tertiary alicyclic amines) is 1. The van der Waals surface area contributed by atoms with Gasteiger partial charge in [-0.15, -0.1) is 0 Å². The molecule has 1 saturated heterocycles. The molecule has 24 heavy (non-hydrogen) atoms. The van der Waals surface area contributed by atoms with Crippen LogP contribution in [0.3, 0.4) is 0 Å². The first-order valence-electron chi connectivity index (χ1n) is 8.46. The molecule has 0 bridgehead atoms. The molecule has 0 unspecified atom stereocenters. The number of amides is 1. The molecule has 0 atom stereocenters. The molecule has 1 heterocycles. The normalized spacial score (nSPS) is 15.9. The largest absolute Gasteiger partial charge is 0.497 e. The van der Waals surface area contributed by atoms with E-state index in [1.54, 1.807) is 7.11 Å². The number of rotatable bonds is 5. The van der Waals surface area contributed by atoms with Crippen molar-refractivity contribution >= 4 is 11.6 Å². The zero-order chi connectivity index (χ0) is 16.8. The summed E-state index contributed by atoms with van der Waals surface area (Å²) >= 11 is 0. The first-order chi connectivity index (χ1) is 11.7. The van der Waals surface area contributed by atoms with E-state index in [1.807, 2.05) is 30.3 Å². The molecule has 2 aromatic carbocycles. The van der Waals surface area contributed by atoms with Crippen LogP contribution in [0.15, 0.2) is 54.6 Å². The van der Waals surface area contributed by atoms with Crippen molar-refractivity contribution in [1.29, 1.82) is 0 Å². The maximum atomic E-state index is 12.5. The molecule has 1 aliphatic rings. The van der Waals surface area contributed by atoms with Gasteiger partial charge in [-0.1, -0.05) is 36.4 Å². The van der Waals surface area contributed by atoms with E-state index < -0.39 is 0 Å². The monoisotopic (exact) mass is 324 g/mol. The molecule has 4 heteroatoms. The molecule has 0 radical (unpaired) electrons. The predicted molar refractivity (Wildman–Crippen MR) is 96.1 cm³/mol. The summed E-state index contributed by atoms with van der Waals surface area (Å²) in [5.74, 6) is 0.955. The van der Waals surface area contributed by atoms with Gasteiger partial charge >= 0.3 is 0 Å². The van der Waals surface area contributed by atoms with Crippen molar-refractivity contribution in [3.8, 4) is 5.75 Å². The Balaban J connectivity index is 1.49. The molecule has 0 aliphatic carbocycles. The summed E-state index contributed by atoms with van der Waals surface area (Å²) in [4.78, 5) is 14.9. The summed E-state index contributed by atoms with van der Waals surface area (Å²) in [5, 5.41) is 3.01. The van der Waals surface area contributed by atoms with Gasteiger partial charge in [0.15, 0.2) is 0 Å². The second-order valence-corrected chi connectivity index (χ2v) is 6.26.